The zero-order valence-electron chi connectivity index (χ0n) is 13.4. The molecule has 1 aliphatic heterocycles. The molecule has 3 heterocycles. The Balaban J connectivity index is 1.74. The molecule has 0 aliphatic carbocycles. The van der Waals surface area contributed by atoms with Crippen LogP contribution in [0.5, 0.6) is 0 Å². The lowest BCUT2D eigenvalue weighted by atomic mass is 10.1. The standard InChI is InChI=1S/C17H24N4/c1-11(2)17-18-8-15-10-21(6-5-16(15)20-17)9-14-7-12(3)19-13(14)4/h7-8,11,19H,5-6,9-10H2,1-4H3. The monoisotopic (exact) mass is 284 g/mol. The molecular formula is C17H24N4. The summed E-state index contributed by atoms with van der Waals surface area (Å²) < 4.78 is 0. The number of aryl methyl sites for hydroxylation is 2. The summed E-state index contributed by atoms with van der Waals surface area (Å²) in [7, 11) is 0. The van der Waals surface area contributed by atoms with E-state index in [0.29, 0.717) is 5.92 Å². The highest BCUT2D eigenvalue weighted by atomic mass is 15.1. The van der Waals surface area contributed by atoms with Crippen molar-refractivity contribution >= 4 is 0 Å². The Labute approximate surface area is 126 Å². The van der Waals surface area contributed by atoms with E-state index in [2.05, 4.69) is 48.6 Å². The molecule has 112 valence electrons. The SMILES string of the molecule is Cc1cc(CN2CCc3nc(C(C)C)ncc3C2)c(C)[nH]1. The summed E-state index contributed by atoms with van der Waals surface area (Å²) in [5.41, 5.74) is 6.45. The van der Waals surface area contributed by atoms with Crippen LogP contribution < -0.4 is 0 Å². The molecule has 1 N–H and O–H groups in total. The molecule has 0 fully saturated rings. The first-order chi connectivity index (χ1) is 10.0. The second-order valence-corrected chi connectivity index (χ2v) is 6.42. The molecule has 4 nitrogen and oxygen atoms in total. The maximum absolute atomic E-state index is 4.73. The van der Waals surface area contributed by atoms with E-state index < -0.39 is 0 Å². The predicted octanol–water partition coefficient (Wildman–Crippen LogP) is 3.10. The van der Waals surface area contributed by atoms with Crippen LogP contribution >= 0.6 is 0 Å². The lowest BCUT2D eigenvalue weighted by Crippen LogP contribution is -2.31. The molecule has 21 heavy (non-hydrogen) atoms. The molecule has 3 rings (SSSR count). The summed E-state index contributed by atoms with van der Waals surface area (Å²) in [4.78, 5) is 15.1. The van der Waals surface area contributed by atoms with E-state index in [-0.39, 0.29) is 0 Å². The van der Waals surface area contributed by atoms with Crippen LogP contribution in [0.4, 0.5) is 0 Å². The minimum atomic E-state index is 0.402. The summed E-state index contributed by atoms with van der Waals surface area (Å²) in [6.07, 6.45) is 3.05. The third-order valence-electron chi connectivity index (χ3n) is 4.20. The highest BCUT2D eigenvalue weighted by Gasteiger charge is 2.20. The van der Waals surface area contributed by atoms with Crippen molar-refractivity contribution in [2.75, 3.05) is 6.54 Å². The molecule has 0 saturated carbocycles. The Morgan fingerprint density at radius 1 is 1.33 bits per heavy atom. The molecule has 2 aromatic rings. The molecule has 0 amide bonds. The van der Waals surface area contributed by atoms with E-state index in [1.807, 2.05) is 6.20 Å². The van der Waals surface area contributed by atoms with Crippen LogP contribution in [0.25, 0.3) is 0 Å². The Bertz CT molecular complexity index is 642. The van der Waals surface area contributed by atoms with Crippen LogP contribution in [0, 0.1) is 13.8 Å². The fourth-order valence-electron chi connectivity index (χ4n) is 2.99. The minimum Gasteiger partial charge on any atom is -0.362 e. The van der Waals surface area contributed by atoms with E-state index in [0.717, 1.165) is 31.9 Å². The van der Waals surface area contributed by atoms with Crippen LogP contribution in [0.2, 0.25) is 0 Å². The third-order valence-corrected chi connectivity index (χ3v) is 4.20. The molecule has 0 spiro atoms. The third kappa shape index (κ3) is 3.00. The van der Waals surface area contributed by atoms with Crippen LogP contribution in [0.3, 0.4) is 0 Å². The number of rotatable bonds is 3. The molecule has 0 aromatic carbocycles. The van der Waals surface area contributed by atoms with Crippen molar-refractivity contribution in [1.82, 2.24) is 19.9 Å². The molecule has 0 unspecified atom stereocenters. The molecule has 4 heteroatoms. The molecule has 0 bridgehead atoms. The maximum atomic E-state index is 4.73. The molecule has 1 aliphatic rings. The number of aromatic nitrogens is 3. The predicted molar refractivity (Wildman–Crippen MR) is 84.2 cm³/mol. The zero-order chi connectivity index (χ0) is 15.0. The summed E-state index contributed by atoms with van der Waals surface area (Å²) in [6, 6.07) is 2.25. The molecule has 0 saturated heterocycles. The number of nitrogens with one attached hydrogen (secondary N) is 1. The smallest absolute Gasteiger partial charge is 0.131 e. The fourth-order valence-corrected chi connectivity index (χ4v) is 2.99. The van der Waals surface area contributed by atoms with E-state index in [9.17, 15) is 0 Å². The number of H-pyrrole nitrogens is 1. The molecule has 2 aromatic heterocycles. The highest BCUT2D eigenvalue weighted by Crippen LogP contribution is 2.21. The van der Waals surface area contributed by atoms with Crippen LogP contribution in [0.15, 0.2) is 12.3 Å². The number of hydrogen-bond acceptors (Lipinski definition) is 3. The van der Waals surface area contributed by atoms with Gasteiger partial charge in [0, 0.05) is 60.8 Å². The number of hydrogen-bond donors (Lipinski definition) is 1. The van der Waals surface area contributed by atoms with Crippen molar-refractivity contribution in [2.45, 2.75) is 53.1 Å². The van der Waals surface area contributed by atoms with Gasteiger partial charge < -0.3 is 4.98 Å². The minimum absolute atomic E-state index is 0.402. The second kappa shape index (κ2) is 5.60. The normalized spacial score (nSPS) is 15.5. The zero-order valence-corrected chi connectivity index (χ0v) is 13.4. The van der Waals surface area contributed by atoms with Gasteiger partial charge in [-0.3, -0.25) is 4.90 Å². The van der Waals surface area contributed by atoms with Crippen molar-refractivity contribution < 1.29 is 0 Å². The topological polar surface area (TPSA) is 44.8 Å². The lowest BCUT2D eigenvalue weighted by Gasteiger charge is -2.28. The fraction of sp³-hybridized carbons (Fsp3) is 0.529. The van der Waals surface area contributed by atoms with E-state index >= 15 is 0 Å². The Hall–Kier alpha value is -1.68. The highest BCUT2D eigenvalue weighted by molar-refractivity contribution is 5.26. The van der Waals surface area contributed by atoms with Crippen molar-refractivity contribution in [3.05, 3.63) is 46.3 Å². The van der Waals surface area contributed by atoms with E-state index in [1.165, 1.54) is 28.2 Å². The summed E-state index contributed by atoms with van der Waals surface area (Å²) in [5.74, 6) is 1.37. The van der Waals surface area contributed by atoms with Gasteiger partial charge >= 0.3 is 0 Å². The largest absolute Gasteiger partial charge is 0.362 e. The van der Waals surface area contributed by atoms with Gasteiger partial charge in [0.05, 0.1) is 0 Å². The lowest BCUT2D eigenvalue weighted by molar-refractivity contribution is 0.242. The van der Waals surface area contributed by atoms with Crippen molar-refractivity contribution in [2.24, 2.45) is 0 Å². The summed E-state index contributed by atoms with van der Waals surface area (Å²) >= 11 is 0. The molecule has 0 atom stereocenters. The van der Waals surface area contributed by atoms with Gasteiger partial charge in [-0.25, -0.2) is 9.97 Å². The van der Waals surface area contributed by atoms with E-state index in [4.69, 9.17) is 4.98 Å². The first kappa shape index (κ1) is 14.3. The quantitative estimate of drug-likeness (QED) is 0.942. The van der Waals surface area contributed by atoms with Gasteiger partial charge in [0.1, 0.15) is 5.82 Å². The van der Waals surface area contributed by atoms with Gasteiger partial charge in [0.15, 0.2) is 0 Å². The Morgan fingerprint density at radius 2 is 2.14 bits per heavy atom. The van der Waals surface area contributed by atoms with Crippen molar-refractivity contribution in [3.63, 3.8) is 0 Å². The van der Waals surface area contributed by atoms with Crippen LogP contribution in [-0.2, 0) is 19.5 Å². The van der Waals surface area contributed by atoms with E-state index in [1.54, 1.807) is 0 Å². The average Bonchev–Trinajstić information content (AvgIpc) is 2.76. The summed E-state index contributed by atoms with van der Waals surface area (Å²) in [5, 5.41) is 0. The number of aromatic amines is 1. The van der Waals surface area contributed by atoms with Crippen molar-refractivity contribution in [3.8, 4) is 0 Å². The van der Waals surface area contributed by atoms with Gasteiger partial charge in [0.2, 0.25) is 0 Å². The van der Waals surface area contributed by atoms with Gasteiger partial charge in [-0.2, -0.15) is 0 Å². The Morgan fingerprint density at radius 3 is 2.81 bits per heavy atom. The summed E-state index contributed by atoms with van der Waals surface area (Å²) in [6.45, 7) is 11.6. The van der Waals surface area contributed by atoms with Gasteiger partial charge in [-0.15, -0.1) is 0 Å². The second-order valence-electron chi connectivity index (χ2n) is 6.42. The maximum Gasteiger partial charge on any atom is 0.131 e. The van der Waals surface area contributed by atoms with Gasteiger partial charge in [-0.1, -0.05) is 13.8 Å². The molecule has 0 radical (unpaired) electrons. The van der Waals surface area contributed by atoms with Crippen molar-refractivity contribution in [1.29, 1.82) is 0 Å². The average molecular weight is 284 g/mol. The van der Waals surface area contributed by atoms with Gasteiger partial charge in [-0.05, 0) is 25.5 Å². The first-order valence-electron chi connectivity index (χ1n) is 7.75. The molecular weight excluding hydrogens is 260 g/mol. The number of nitrogens with zero attached hydrogens (tertiary/aromatic N) is 3. The van der Waals surface area contributed by atoms with Crippen LogP contribution in [-0.4, -0.2) is 26.4 Å². The van der Waals surface area contributed by atoms with Gasteiger partial charge in [0.25, 0.3) is 0 Å². The Kier molecular flexibility index (Phi) is 3.81. The number of fused-ring (bicyclic) bond motifs is 1. The van der Waals surface area contributed by atoms with Crippen LogP contribution in [0.1, 0.15) is 53.8 Å². The first-order valence-corrected chi connectivity index (χ1v) is 7.75.